The number of quaternary nitrogens is 1. The van der Waals surface area contributed by atoms with Crippen LogP contribution in [0.4, 0.5) is 17.1 Å². The zero-order valence-corrected chi connectivity index (χ0v) is 15.6. The van der Waals surface area contributed by atoms with Crippen molar-refractivity contribution in [2.24, 2.45) is 17.3 Å². The van der Waals surface area contributed by atoms with Gasteiger partial charge in [0.25, 0.3) is 11.1 Å². The Kier molecular flexibility index (Phi) is 4.75. The van der Waals surface area contributed by atoms with Crippen molar-refractivity contribution in [3.8, 4) is 17.0 Å². The molecule has 2 aromatic carbocycles. The number of para-hydroxylation sites is 1. The van der Waals surface area contributed by atoms with Crippen molar-refractivity contribution in [3.63, 3.8) is 0 Å². The van der Waals surface area contributed by atoms with Gasteiger partial charge >= 0.3 is 0 Å². The molecule has 0 amide bonds. The molecule has 11 heteroatoms. The number of benzene rings is 2. The summed E-state index contributed by atoms with van der Waals surface area (Å²) in [5, 5.41) is 42.8. The third-order valence-corrected chi connectivity index (χ3v) is 4.66. The number of hydrogen-bond donors (Lipinski definition) is 5. The zero-order valence-electron chi connectivity index (χ0n) is 15.6. The topological polar surface area (TPSA) is 163 Å². The molecule has 11 nitrogen and oxygen atoms in total. The van der Waals surface area contributed by atoms with Crippen molar-refractivity contribution in [1.29, 1.82) is 0 Å². The molecule has 4 aromatic rings. The molecular weight excluding hydrogens is 392 g/mol. The summed E-state index contributed by atoms with van der Waals surface area (Å²) in [6, 6.07) is 12.4. The smallest absolute Gasteiger partial charge is 0.292 e. The summed E-state index contributed by atoms with van der Waals surface area (Å²) in [5.74, 6) is -0.286. The number of fused-ring (bicyclic) bond motifs is 1. The molecule has 0 bridgehead atoms. The minimum absolute atomic E-state index is 0.00485. The Morgan fingerprint density at radius 1 is 1.03 bits per heavy atom. The first kappa shape index (κ1) is 19.3. The Balaban J connectivity index is 1.84. The van der Waals surface area contributed by atoms with Crippen molar-refractivity contribution in [2.75, 3.05) is 0 Å². The molecule has 0 fully saturated rings. The number of aromatic nitrogens is 3. The molecule has 0 saturated heterocycles. The monoisotopic (exact) mass is 408 g/mol. The molecule has 0 radical (unpaired) electrons. The van der Waals surface area contributed by atoms with E-state index in [9.17, 15) is 19.9 Å². The third-order valence-electron chi connectivity index (χ3n) is 4.66. The summed E-state index contributed by atoms with van der Waals surface area (Å²) in [7, 11) is 1.56. The predicted octanol–water partition coefficient (Wildman–Crippen LogP) is 1.75. The summed E-state index contributed by atoms with van der Waals surface area (Å²) in [6.45, 7) is 0. The Hall–Kier alpha value is -4.06. The molecule has 1 atom stereocenters. The van der Waals surface area contributed by atoms with Crippen LogP contribution in [0.25, 0.3) is 22.2 Å². The zero-order chi connectivity index (χ0) is 21.4. The van der Waals surface area contributed by atoms with E-state index in [1.165, 1.54) is 28.8 Å². The number of aromatic hydroxyl groups is 1. The van der Waals surface area contributed by atoms with Gasteiger partial charge in [0.1, 0.15) is 17.0 Å². The van der Waals surface area contributed by atoms with Crippen LogP contribution < -0.4 is 16.3 Å². The summed E-state index contributed by atoms with van der Waals surface area (Å²) in [6.07, 6.45) is 0. The molecule has 0 saturated carbocycles. The number of hydrogen-bond acceptors (Lipinski definition) is 7. The Bertz CT molecular complexity index is 1380. The van der Waals surface area contributed by atoms with Crippen molar-refractivity contribution in [3.05, 3.63) is 74.4 Å². The molecule has 1 unspecified atom stereocenters. The minimum atomic E-state index is -1.08. The number of azo groups is 1. The average molecular weight is 408 g/mol. The van der Waals surface area contributed by atoms with Gasteiger partial charge in [-0.15, -0.1) is 5.11 Å². The van der Waals surface area contributed by atoms with E-state index in [2.05, 4.69) is 20.4 Å². The van der Waals surface area contributed by atoms with E-state index in [-0.39, 0.29) is 28.4 Å². The van der Waals surface area contributed by atoms with Gasteiger partial charge in [0, 0.05) is 24.6 Å². The summed E-state index contributed by atoms with van der Waals surface area (Å²) >= 11 is 0. The Labute approximate surface area is 167 Å². The van der Waals surface area contributed by atoms with Crippen LogP contribution in [-0.2, 0) is 7.05 Å². The van der Waals surface area contributed by atoms with Gasteiger partial charge in [-0.3, -0.25) is 19.8 Å². The summed E-state index contributed by atoms with van der Waals surface area (Å²) in [5.41, 5.74) is -0.557. The second kappa shape index (κ2) is 7.40. The van der Waals surface area contributed by atoms with Gasteiger partial charge in [0.15, 0.2) is 11.4 Å². The van der Waals surface area contributed by atoms with Crippen LogP contribution in [0, 0.1) is 5.21 Å². The van der Waals surface area contributed by atoms with Crippen LogP contribution in [0.3, 0.4) is 0 Å². The van der Waals surface area contributed by atoms with E-state index in [0.29, 0.717) is 16.6 Å². The van der Waals surface area contributed by atoms with Gasteiger partial charge in [-0.1, -0.05) is 12.1 Å². The lowest BCUT2D eigenvalue weighted by molar-refractivity contribution is -0.991. The highest BCUT2D eigenvalue weighted by Gasteiger charge is 2.22. The highest BCUT2D eigenvalue weighted by Crippen LogP contribution is 2.35. The van der Waals surface area contributed by atoms with Gasteiger partial charge < -0.3 is 14.9 Å². The summed E-state index contributed by atoms with van der Waals surface area (Å²) in [4.78, 5) is 25.1. The average Bonchev–Trinajstić information content (AvgIpc) is 3.11. The molecule has 0 spiro atoms. The highest BCUT2D eigenvalue weighted by molar-refractivity contribution is 5.93. The third kappa shape index (κ3) is 3.18. The molecule has 0 aliphatic rings. The normalized spacial score (nSPS) is 12.6. The van der Waals surface area contributed by atoms with E-state index in [0.717, 1.165) is 0 Å². The minimum Gasteiger partial charge on any atom is -0.595 e. The van der Waals surface area contributed by atoms with Crippen molar-refractivity contribution in [2.45, 2.75) is 0 Å². The van der Waals surface area contributed by atoms with Crippen LogP contribution in [0.5, 0.6) is 5.75 Å². The van der Waals surface area contributed by atoms with Crippen LogP contribution in [0.15, 0.2) is 68.3 Å². The first-order valence-corrected chi connectivity index (χ1v) is 8.75. The van der Waals surface area contributed by atoms with Crippen LogP contribution >= 0.6 is 0 Å². The molecule has 30 heavy (non-hydrogen) atoms. The van der Waals surface area contributed by atoms with Crippen molar-refractivity contribution >= 4 is 28.0 Å². The molecule has 5 N–H and O–H groups in total. The standard InChI is InChI=1S/C19H16N6O5/c1-24-13-5-3-2-4-12(13)17(26)14(19(24)28)15-16(18(27)23-21-15)22-20-10-6-8-11(9-7-10)25(29)30/h2-9,25-26,29H,1H3,(H2,21,23,27). The van der Waals surface area contributed by atoms with E-state index in [4.69, 9.17) is 5.21 Å². The van der Waals surface area contributed by atoms with Gasteiger partial charge in [0.05, 0.1) is 11.2 Å². The van der Waals surface area contributed by atoms with Gasteiger partial charge in [-0.25, -0.2) is 5.21 Å². The molecule has 2 heterocycles. The van der Waals surface area contributed by atoms with E-state index >= 15 is 0 Å². The SMILES string of the molecule is Cn1c(=O)c(-c2[nH][nH]c(=O)c2N=Nc2ccc([NH+]([O-])O)cc2)c(O)c2ccccc21. The highest BCUT2D eigenvalue weighted by atomic mass is 16.8. The Morgan fingerprint density at radius 3 is 2.43 bits per heavy atom. The lowest BCUT2D eigenvalue weighted by Crippen LogP contribution is -2.99. The second-order valence-corrected chi connectivity index (χ2v) is 6.46. The van der Waals surface area contributed by atoms with E-state index < -0.39 is 16.3 Å². The van der Waals surface area contributed by atoms with Crippen LogP contribution in [-0.4, -0.2) is 25.1 Å². The maximum Gasteiger partial charge on any atom is 0.292 e. The number of aryl methyl sites for hydroxylation is 1. The molecule has 4 rings (SSSR count). The fraction of sp³-hybridized carbons (Fsp3) is 0.0526. The van der Waals surface area contributed by atoms with Crippen molar-refractivity contribution < 1.29 is 15.5 Å². The maximum atomic E-state index is 12.9. The summed E-state index contributed by atoms with van der Waals surface area (Å²) < 4.78 is 1.36. The fourth-order valence-electron chi connectivity index (χ4n) is 3.11. The fourth-order valence-corrected chi connectivity index (χ4v) is 3.11. The van der Waals surface area contributed by atoms with Gasteiger partial charge in [-0.2, -0.15) is 10.3 Å². The lowest BCUT2D eigenvalue weighted by atomic mass is 10.1. The second-order valence-electron chi connectivity index (χ2n) is 6.46. The molecule has 2 aromatic heterocycles. The Morgan fingerprint density at radius 2 is 1.73 bits per heavy atom. The number of aromatic amines is 2. The van der Waals surface area contributed by atoms with Crippen LogP contribution in [0.1, 0.15) is 0 Å². The number of nitrogens with zero attached hydrogens (tertiary/aromatic N) is 3. The molecule has 152 valence electrons. The van der Waals surface area contributed by atoms with E-state index in [1.54, 1.807) is 31.3 Å². The first-order chi connectivity index (χ1) is 14.4. The number of H-pyrrole nitrogens is 2. The van der Waals surface area contributed by atoms with Gasteiger partial charge in [0.2, 0.25) is 0 Å². The molecule has 0 aliphatic heterocycles. The van der Waals surface area contributed by atoms with Crippen LogP contribution in [0.2, 0.25) is 0 Å². The van der Waals surface area contributed by atoms with Gasteiger partial charge in [-0.05, 0) is 24.3 Å². The molecular formula is C19H16N6O5. The molecule has 0 aliphatic carbocycles. The number of rotatable bonds is 4. The number of pyridine rings is 1. The van der Waals surface area contributed by atoms with E-state index in [1.807, 2.05) is 0 Å². The quantitative estimate of drug-likeness (QED) is 0.256. The number of nitrogens with one attached hydrogen (secondary N) is 3. The predicted molar refractivity (Wildman–Crippen MR) is 108 cm³/mol. The van der Waals surface area contributed by atoms with Crippen molar-refractivity contribution in [1.82, 2.24) is 14.8 Å². The maximum absolute atomic E-state index is 12.9. The largest absolute Gasteiger partial charge is 0.595 e. The lowest BCUT2D eigenvalue weighted by Gasteiger charge is -2.11. The first-order valence-electron chi connectivity index (χ1n) is 8.75.